The molecule has 4 nitrogen and oxygen atoms in total. The molecule has 2 aliphatic heterocycles. The van der Waals surface area contributed by atoms with Gasteiger partial charge < -0.3 is 4.74 Å². The SMILES string of the molecule is NN1CCN(C2COC2)CC1. The van der Waals surface area contributed by atoms with Gasteiger partial charge in [0.2, 0.25) is 0 Å². The van der Waals surface area contributed by atoms with Crippen molar-refractivity contribution in [2.24, 2.45) is 5.84 Å². The smallest absolute Gasteiger partial charge is 0.0645 e. The van der Waals surface area contributed by atoms with E-state index in [9.17, 15) is 0 Å². The predicted molar refractivity (Wildman–Crippen MR) is 41.9 cm³/mol. The van der Waals surface area contributed by atoms with Crippen molar-refractivity contribution < 1.29 is 4.74 Å². The summed E-state index contributed by atoms with van der Waals surface area (Å²) in [7, 11) is 0. The van der Waals surface area contributed by atoms with Crippen molar-refractivity contribution >= 4 is 0 Å². The minimum absolute atomic E-state index is 0.684. The van der Waals surface area contributed by atoms with Gasteiger partial charge in [0.15, 0.2) is 0 Å². The summed E-state index contributed by atoms with van der Waals surface area (Å²) in [4.78, 5) is 2.47. The fraction of sp³-hybridized carbons (Fsp3) is 1.00. The van der Waals surface area contributed by atoms with Crippen molar-refractivity contribution in [1.82, 2.24) is 9.91 Å². The third-order valence-electron chi connectivity index (χ3n) is 2.49. The van der Waals surface area contributed by atoms with E-state index in [0.717, 1.165) is 39.4 Å². The van der Waals surface area contributed by atoms with Crippen LogP contribution in [0.1, 0.15) is 0 Å². The van der Waals surface area contributed by atoms with Crippen LogP contribution >= 0.6 is 0 Å². The molecule has 0 radical (unpaired) electrons. The minimum Gasteiger partial charge on any atom is -0.378 e. The van der Waals surface area contributed by atoms with E-state index in [1.54, 1.807) is 0 Å². The van der Waals surface area contributed by atoms with Gasteiger partial charge in [0.25, 0.3) is 0 Å². The fourth-order valence-corrected chi connectivity index (χ4v) is 1.54. The number of hydrogen-bond acceptors (Lipinski definition) is 4. The number of nitrogens with two attached hydrogens (primary N) is 1. The molecule has 0 unspecified atom stereocenters. The number of hydrazine groups is 1. The van der Waals surface area contributed by atoms with E-state index in [2.05, 4.69) is 4.90 Å². The number of hydrogen-bond donors (Lipinski definition) is 1. The lowest BCUT2D eigenvalue weighted by molar-refractivity contribution is -0.0769. The van der Waals surface area contributed by atoms with Crippen LogP contribution < -0.4 is 5.84 Å². The van der Waals surface area contributed by atoms with Crippen LogP contribution in [-0.4, -0.2) is 55.3 Å². The molecule has 0 amide bonds. The Labute approximate surface area is 66.9 Å². The molecule has 2 aliphatic rings. The van der Waals surface area contributed by atoms with Crippen LogP contribution in [-0.2, 0) is 4.74 Å². The molecular formula is C7H15N3O. The zero-order chi connectivity index (χ0) is 7.68. The summed E-state index contributed by atoms with van der Waals surface area (Å²) in [5, 5.41) is 1.88. The normalized spacial score (nSPS) is 30.3. The molecule has 2 fully saturated rings. The highest BCUT2D eigenvalue weighted by Gasteiger charge is 2.27. The quantitative estimate of drug-likeness (QED) is 0.489. The molecule has 64 valence electrons. The van der Waals surface area contributed by atoms with Gasteiger partial charge >= 0.3 is 0 Å². The standard InChI is InChI=1S/C7H15N3O/c8-10-3-1-9(2-4-10)7-5-11-6-7/h7H,1-6,8H2. The monoisotopic (exact) mass is 157 g/mol. The van der Waals surface area contributed by atoms with Gasteiger partial charge in [0.05, 0.1) is 19.3 Å². The van der Waals surface area contributed by atoms with Gasteiger partial charge in [-0.05, 0) is 0 Å². The van der Waals surface area contributed by atoms with Crippen molar-refractivity contribution in [3.05, 3.63) is 0 Å². The second kappa shape index (κ2) is 3.06. The maximum absolute atomic E-state index is 5.63. The van der Waals surface area contributed by atoms with E-state index in [0.29, 0.717) is 6.04 Å². The summed E-state index contributed by atoms with van der Waals surface area (Å²) >= 11 is 0. The summed E-state index contributed by atoms with van der Waals surface area (Å²) in [6, 6.07) is 0.684. The summed E-state index contributed by atoms with van der Waals surface area (Å²) in [5.41, 5.74) is 0. The van der Waals surface area contributed by atoms with Crippen molar-refractivity contribution in [2.45, 2.75) is 6.04 Å². The number of ether oxygens (including phenoxy) is 1. The van der Waals surface area contributed by atoms with Crippen molar-refractivity contribution in [3.8, 4) is 0 Å². The third kappa shape index (κ3) is 1.54. The van der Waals surface area contributed by atoms with Crippen LogP contribution in [0.25, 0.3) is 0 Å². The lowest BCUT2D eigenvalue weighted by Gasteiger charge is -2.41. The first-order chi connectivity index (χ1) is 5.36. The molecule has 0 bridgehead atoms. The van der Waals surface area contributed by atoms with Crippen molar-refractivity contribution in [2.75, 3.05) is 39.4 Å². The molecule has 2 heterocycles. The van der Waals surface area contributed by atoms with E-state index >= 15 is 0 Å². The van der Waals surface area contributed by atoms with Crippen molar-refractivity contribution in [1.29, 1.82) is 0 Å². The molecule has 2 N–H and O–H groups in total. The Morgan fingerprint density at radius 2 is 1.73 bits per heavy atom. The second-order valence-corrected chi connectivity index (χ2v) is 3.26. The predicted octanol–water partition coefficient (Wildman–Crippen LogP) is -1.12. The average Bonchev–Trinajstić information content (AvgIpc) is 1.90. The van der Waals surface area contributed by atoms with Gasteiger partial charge in [-0.15, -0.1) is 0 Å². The Morgan fingerprint density at radius 1 is 1.09 bits per heavy atom. The molecule has 0 spiro atoms. The Balaban J connectivity index is 1.77. The third-order valence-corrected chi connectivity index (χ3v) is 2.49. The Morgan fingerprint density at radius 3 is 2.18 bits per heavy atom. The largest absolute Gasteiger partial charge is 0.378 e. The Bertz CT molecular complexity index is 130. The highest BCUT2D eigenvalue weighted by atomic mass is 16.5. The van der Waals surface area contributed by atoms with E-state index in [-0.39, 0.29) is 0 Å². The number of rotatable bonds is 1. The van der Waals surface area contributed by atoms with Gasteiger partial charge in [-0.2, -0.15) is 0 Å². The van der Waals surface area contributed by atoms with Crippen LogP contribution in [0.3, 0.4) is 0 Å². The summed E-state index contributed by atoms with van der Waals surface area (Å²) in [6.45, 7) is 6.04. The second-order valence-electron chi connectivity index (χ2n) is 3.26. The van der Waals surface area contributed by atoms with Gasteiger partial charge in [-0.25, -0.2) is 5.01 Å². The molecular weight excluding hydrogens is 142 g/mol. The van der Waals surface area contributed by atoms with Crippen LogP contribution in [0, 0.1) is 0 Å². The maximum atomic E-state index is 5.63. The average molecular weight is 157 g/mol. The molecule has 0 aliphatic carbocycles. The molecule has 0 aromatic carbocycles. The maximum Gasteiger partial charge on any atom is 0.0645 e. The number of nitrogens with zero attached hydrogens (tertiary/aromatic N) is 2. The first kappa shape index (κ1) is 7.49. The zero-order valence-corrected chi connectivity index (χ0v) is 6.70. The molecule has 4 heteroatoms. The van der Waals surface area contributed by atoms with E-state index in [1.165, 1.54) is 0 Å². The Kier molecular flexibility index (Phi) is 2.09. The molecule has 2 saturated heterocycles. The van der Waals surface area contributed by atoms with Crippen molar-refractivity contribution in [3.63, 3.8) is 0 Å². The molecule has 0 aromatic rings. The van der Waals surface area contributed by atoms with Crippen LogP contribution in [0.4, 0.5) is 0 Å². The first-order valence-electron chi connectivity index (χ1n) is 4.18. The zero-order valence-electron chi connectivity index (χ0n) is 6.70. The lowest BCUT2D eigenvalue weighted by Crippen LogP contribution is -2.57. The minimum atomic E-state index is 0.684. The lowest BCUT2D eigenvalue weighted by atomic mass is 10.2. The molecule has 0 aromatic heterocycles. The van der Waals surface area contributed by atoms with E-state index in [1.807, 2.05) is 5.01 Å². The van der Waals surface area contributed by atoms with Gasteiger partial charge in [0.1, 0.15) is 0 Å². The molecule has 0 saturated carbocycles. The summed E-state index contributed by atoms with van der Waals surface area (Å²) < 4.78 is 5.13. The van der Waals surface area contributed by atoms with E-state index < -0.39 is 0 Å². The topological polar surface area (TPSA) is 41.7 Å². The highest BCUT2D eigenvalue weighted by molar-refractivity contribution is 4.80. The Hall–Kier alpha value is -0.160. The van der Waals surface area contributed by atoms with Gasteiger partial charge in [-0.3, -0.25) is 10.7 Å². The molecule has 11 heavy (non-hydrogen) atoms. The highest BCUT2D eigenvalue weighted by Crippen LogP contribution is 2.11. The number of piperazine rings is 1. The summed E-state index contributed by atoms with van der Waals surface area (Å²) in [6.07, 6.45) is 0. The van der Waals surface area contributed by atoms with Crippen LogP contribution in [0.15, 0.2) is 0 Å². The van der Waals surface area contributed by atoms with Gasteiger partial charge in [-0.1, -0.05) is 0 Å². The van der Waals surface area contributed by atoms with E-state index in [4.69, 9.17) is 10.6 Å². The molecule has 0 atom stereocenters. The van der Waals surface area contributed by atoms with Gasteiger partial charge in [0, 0.05) is 26.2 Å². The molecule has 2 rings (SSSR count). The van der Waals surface area contributed by atoms with Crippen LogP contribution in [0.2, 0.25) is 0 Å². The fourth-order valence-electron chi connectivity index (χ4n) is 1.54. The first-order valence-corrected chi connectivity index (χ1v) is 4.18. The summed E-state index contributed by atoms with van der Waals surface area (Å²) in [5.74, 6) is 5.63. The van der Waals surface area contributed by atoms with Crippen LogP contribution in [0.5, 0.6) is 0 Å².